The molecule has 2 atom stereocenters. The van der Waals surface area contributed by atoms with Crippen LogP contribution in [0.3, 0.4) is 0 Å². The van der Waals surface area contributed by atoms with Crippen LogP contribution >= 0.6 is 35.3 Å². The van der Waals surface area contributed by atoms with Gasteiger partial charge in [0, 0.05) is 17.9 Å². The predicted molar refractivity (Wildman–Crippen MR) is 218 cm³/mol. The van der Waals surface area contributed by atoms with E-state index in [1.54, 1.807) is 6.08 Å². The highest BCUT2D eigenvalue weighted by molar-refractivity contribution is 8.30. The smallest absolute Gasteiger partial charge is 0.323 e. The molecule has 3 N–H and O–H groups in total. The number of anilines is 2. The van der Waals surface area contributed by atoms with Crippen molar-refractivity contribution in [2.24, 2.45) is 5.73 Å². The molecule has 3 aliphatic rings. The van der Waals surface area contributed by atoms with Gasteiger partial charge in [-0.1, -0.05) is 103 Å². The molecule has 1 saturated carbocycles. The Bertz CT molecular complexity index is 2450. The Balaban J connectivity index is 1.17. The molecule has 1 aromatic heterocycles. The first kappa shape index (κ1) is 35.0. The molecule has 11 heteroatoms. The maximum Gasteiger partial charge on any atom is 0.323 e. The van der Waals surface area contributed by atoms with Crippen LogP contribution in [0.5, 0.6) is 0 Å². The first-order valence-electron chi connectivity index (χ1n) is 17.5. The third-order valence-electron chi connectivity index (χ3n) is 10.3. The number of hydrogen-bond donors (Lipinski definition) is 2. The van der Waals surface area contributed by atoms with Gasteiger partial charge in [0.2, 0.25) is 0 Å². The average Bonchev–Trinajstić information content (AvgIpc) is 3.85. The Labute approximate surface area is 320 Å². The minimum absolute atomic E-state index is 0.0756. The third kappa shape index (κ3) is 6.27. The van der Waals surface area contributed by atoms with E-state index >= 15 is 0 Å². The lowest BCUT2D eigenvalue weighted by Crippen LogP contribution is -2.45. The number of thiocarbonyl (C=S) groups is 1. The molecule has 2 fully saturated rings. The second kappa shape index (κ2) is 14.1. The Morgan fingerprint density at radius 3 is 2.25 bits per heavy atom. The summed E-state index contributed by atoms with van der Waals surface area (Å²) in [6, 6.07) is 35.6. The average molecular weight is 757 g/mol. The van der Waals surface area contributed by atoms with E-state index in [2.05, 4.69) is 95.9 Å². The van der Waals surface area contributed by atoms with E-state index in [-0.39, 0.29) is 16.9 Å². The summed E-state index contributed by atoms with van der Waals surface area (Å²) < 4.78 is 2.18. The zero-order valence-electron chi connectivity index (χ0n) is 28.9. The molecule has 5 aromatic rings. The molecule has 1 amide bonds. The number of carbonyl (C=O) groups is 2. The van der Waals surface area contributed by atoms with E-state index in [0.717, 1.165) is 91.7 Å². The van der Waals surface area contributed by atoms with Gasteiger partial charge in [0.05, 0.1) is 16.1 Å². The van der Waals surface area contributed by atoms with Crippen LogP contribution in [0.2, 0.25) is 0 Å². The normalized spacial score (nSPS) is 20.6. The number of hydrogen-bond acceptors (Lipinski definition) is 8. The monoisotopic (exact) mass is 756 g/mol. The summed E-state index contributed by atoms with van der Waals surface area (Å²) in [5.41, 5.74) is 14.7. The van der Waals surface area contributed by atoms with Gasteiger partial charge in [-0.15, -0.1) is 11.3 Å². The molecule has 8 rings (SSSR count). The van der Waals surface area contributed by atoms with Crippen LogP contribution in [0.15, 0.2) is 108 Å². The van der Waals surface area contributed by atoms with Crippen LogP contribution in [0, 0.1) is 0 Å². The molecular formula is C42H36N4O4S3. The van der Waals surface area contributed by atoms with Gasteiger partial charge in [-0.05, 0) is 96.0 Å². The first-order chi connectivity index (χ1) is 25.7. The maximum atomic E-state index is 13.7. The van der Waals surface area contributed by atoms with Gasteiger partial charge >= 0.3 is 5.97 Å². The van der Waals surface area contributed by atoms with Crippen molar-refractivity contribution in [3.8, 4) is 0 Å². The minimum Gasteiger partial charge on any atom is -0.480 e. The summed E-state index contributed by atoms with van der Waals surface area (Å²) in [7, 11) is 0. The first-order valence-corrected chi connectivity index (χ1v) is 19.6. The van der Waals surface area contributed by atoms with Crippen LogP contribution in [-0.2, 0) is 21.7 Å². The van der Waals surface area contributed by atoms with Crippen molar-refractivity contribution in [3.05, 3.63) is 150 Å². The number of aliphatic carboxylic acids is 1. The molecule has 1 aliphatic carbocycles. The lowest BCUT2D eigenvalue weighted by molar-refractivity contribution is -0.137. The molecule has 4 aromatic carbocycles. The molecule has 53 heavy (non-hydrogen) atoms. The summed E-state index contributed by atoms with van der Waals surface area (Å²) in [6.45, 7) is 1.65. The topological polar surface area (TPSA) is 109 Å². The summed E-state index contributed by atoms with van der Waals surface area (Å²) in [5, 5.41) is 9.64. The maximum absolute atomic E-state index is 13.7. The number of carbonyl (C=O) groups excluding carboxylic acids is 1. The summed E-state index contributed by atoms with van der Waals surface area (Å²) in [5.74, 6) is -1.49. The van der Waals surface area contributed by atoms with Crippen LogP contribution in [0.25, 0.3) is 22.6 Å². The number of aromatic nitrogens is 1. The van der Waals surface area contributed by atoms with Crippen LogP contribution in [0.4, 0.5) is 11.4 Å². The number of rotatable bonds is 8. The van der Waals surface area contributed by atoms with Gasteiger partial charge < -0.3 is 15.7 Å². The van der Waals surface area contributed by atoms with Crippen molar-refractivity contribution in [3.63, 3.8) is 0 Å². The highest BCUT2D eigenvalue weighted by Gasteiger charge is 2.51. The van der Waals surface area contributed by atoms with Crippen molar-refractivity contribution in [2.75, 3.05) is 11.4 Å². The van der Waals surface area contributed by atoms with Crippen molar-refractivity contribution >= 4 is 85.5 Å². The Morgan fingerprint density at radius 1 is 0.962 bits per heavy atom. The van der Waals surface area contributed by atoms with Crippen LogP contribution in [0.1, 0.15) is 54.0 Å². The van der Waals surface area contributed by atoms with Crippen LogP contribution in [-0.4, -0.2) is 43.4 Å². The Morgan fingerprint density at radius 2 is 1.62 bits per heavy atom. The quantitative estimate of drug-likeness (QED) is 0.141. The van der Waals surface area contributed by atoms with Crippen molar-refractivity contribution in [1.82, 2.24) is 9.47 Å². The SMILES string of the molecule is CCN1C(=O)/C(=c2\s/c(=C/c3ccc4c(c3)C3(N)CCCC3N4c3ccc(C=C(c4ccccc4)c4ccccc4)cc3)c(=O)n2CC(=O)O)SC1=S. The zero-order chi connectivity index (χ0) is 36.9. The predicted octanol–water partition coefficient (Wildman–Crippen LogP) is 6.26. The lowest BCUT2D eigenvalue weighted by atomic mass is 9.88. The number of amides is 1. The molecule has 8 nitrogen and oxygen atoms in total. The minimum atomic E-state index is -1.17. The second-order valence-corrected chi connectivity index (χ2v) is 16.1. The van der Waals surface area contributed by atoms with Gasteiger partial charge in [-0.25, -0.2) is 0 Å². The van der Waals surface area contributed by atoms with Crippen molar-refractivity contribution in [2.45, 2.75) is 44.3 Å². The highest BCUT2D eigenvalue weighted by Crippen LogP contribution is 2.53. The number of nitrogens with two attached hydrogens (primary N) is 1. The van der Waals surface area contributed by atoms with Crippen molar-refractivity contribution in [1.29, 1.82) is 0 Å². The molecule has 0 spiro atoms. The highest BCUT2D eigenvalue weighted by atomic mass is 32.2. The molecule has 2 unspecified atom stereocenters. The van der Waals surface area contributed by atoms with E-state index in [0.29, 0.717) is 20.1 Å². The summed E-state index contributed by atoms with van der Waals surface area (Å²) in [6.07, 6.45) is 6.78. The number of carboxylic acids is 1. The fraction of sp³-hybridized carbons (Fsp3) is 0.190. The number of fused-ring (bicyclic) bond motifs is 3. The van der Waals surface area contributed by atoms with Gasteiger partial charge in [0.25, 0.3) is 11.5 Å². The second-order valence-electron chi connectivity index (χ2n) is 13.4. The van der Waals surface area contributed by atoms with Gasteiger partial charge in [-0.3, -0.25) is 23.9 Å². The van der Waals surface area contributed by atoms with Gasteiger partial charge in [0.15, 0.2) is 0 Å². The number of thioether (sulfide) groups is 1. The molecule has 0 bridgehead atoms. The van der Waals surface area contributed by atoms with Gasteiger partial charge in [-0.2, -0.15) is 0 Å². The number of nitrogens with zero attached hydrogens (tertiary/aromatic N) is 3. The van der Waals surface area contributed by atoms with E-state index in [9.17, 15) is 19.5 Å². The van der Waals surface area contributed by atoms with E-state index in [4.69, 9.17) is 18.0 Å². The van der Waals surface area contributed by atoms with E-state index < -0.39 is 23.6 Å². The zero-order valence-corrected chi connectivity index (χ0v) is 31.3. The third-order valence-corrected chi connectivity index (χ3v) is 13.0. The molecule has 0 radical (unpaired) electrons. The Kier molecular flexibility index (Phi) is 9.28. The van der Waals surface area contributed by atoms with E-state index in [1.165, 1.54) is 4.90 Å². The van der Waals surface area contributed by atoms with Crippen molar-refractivity contribution < 1.29 is 14.7 Å². The number of thiazole rings is 1. The number of carboxylic acid groups (broad SMARTS) is 1. The van der Waals surface area contributed by atoms with E-state index in [1.807, 2.05) is 25.1 Å². The molecule has 1 saturated heterocycles. The largest absolute Gasteiger partial charge is 0.480 e. The molecule has 2 aliphatic heterocycles. The molecular weight excluding hydrogens is 721 g/mol. The standard InChI is InChI=1S/C42H36N4O4S3/c1-2-44-39(50)37(53-41(44)51)40-45(25-36(47)48)38(49)34(52-40)24-27-17-20-33-32(23-27)42(43)21-9-14-35(42)46(33)30-18-15-26(16-19-30)22-31(28-10-5-3-6-11-28)29-12-7-4-8-13-29/h3-8,10-13,15-20,22-24,35H,2,9,14,21,25,43H2,1H3,(H,47,48)/b34-24+,40-37+. The van der Waals surface area contributed by atoms with Crippen LogP contribution < -0.4 is 25.4 Å². The molecule has 266 valence electrons. The van der Waals surface area contributed by atoms with Gasteiger partial charge in [0.1, 0.15) is 20.4 Å². The fourth-order valence-electron chi connectivity index (χ4n) is 7.78. The summed E-state index contributed by atoms with van der Waals surface area (Å²) in [4.78, 5) is 42.7. The summed E-state index contributed by atoms with van der Waals surface area (Å²) >= 11 is 7.60. The fourth-order valence-corrected chi connectivity index (χ4v) is 10.4. The number of benzene rings is 4. The lowest BCUT2D eigenvalue weighted by Gasteiger charge is -2.31. The molecule has 3 heterocycles. The Hall–Kier alpha value is -5.07.